The molecule has 0 unspecified atom stereocenters. The lowest BCUT2D eigenvalue weighted by atomic mass is 10.1. The summed E-state index contributed by atoms with van der Waals surface area (Å²) in [5, 5.41) is 11.0. The van der Waals surface area contributed by atoms with Gasteiger partial charge in [-0.3, -0.25) is 9.59 Å². The number of amides is 1. The molecule has 114 valence electrons. The van der Waals surface area contributed by atoms with Crippen molar-refractivity contribution in [3.63, 3.8) is 0 Å². The predicted molar refractivity (Wildman–Crippen MR) is 77.6 cm³/mol. The molecule has 1 rings (SSSR count). The summed E-state index contributed by atoms with van der Waals surface area (Å²) in [6.45, 7) is 4.76. The minimum atomic E-state index is -1.10. The van der Waals surface area contributed by atoms with Crippen LogP contribution < -0.4 is 14.8 Å². The van der Waals surface area contributed by atoms with E-state index >= 15 is 0 Å². The average Bonchev–Trinajstić information content (AvgIpc) is 2.45. The molecule has 1 amide bonds. The Morgan fingerprint density at radius 3 is 2.71 bits per heavy atom. The average molecular weight is 293 g/mol. The van der Waals surface area contributed by atoms with Crippen molar-refractivity contribution in [2.24, 2.45) is 0 Å². The van der Waals surface area contributed by atoms with Gasteiger partial charge in [0, 0.05) is 0 Å². The molecular formula is C15H19NO5. The van der Waals surface area contributed by atoms with Gasteiger partial charge in [0.15, 0.2) is 18.1 Å². The van der Waals surface area contributed by atoms with Crippen LogP contribution >= 0.6 is 0 Å². The van der Waals surface area contributed by atoms with Gasteiger partial charge in [-0.05, 0) is 31.0 Å². The first-order chi connectivity index (χ1) is 9.97. The van der Waals surface area contributed by atoms with Gasteiger partial charge in [0.25, 0.3) is 5.91 Å². The van der Waals surface area contributed by atoms with Crippen molar-refractivity contribution >= 4 is 11.9 Å². The van der Waals surface area contributed by atoms with Gasteiger partial charge in [0.1, 0.15) is 6.04 Å². The minimum Gasteiger partial charge on any atom is -0.493 e. The number of carbonyl (C=O) groups excluding carboxylic acids is 1. The number of benzene rings is 1. The van der Waals surface area contributed by atoms with Crippen molar-refractivity contribution in [1.29, 1.82) is 0 Å². The van der Waals surface area contributed by atoms with Crippen LogP contribution in [0.3, 0.4) is 0 Å². The van der Waals surface area contributed by atoms with E-state index < -0.39 is 17.9 Å². The van der Waals surface area contributed by atoms with Gasteiger partial charge in [-0.25, -0.2) is 0 Å². The molecule has 0 saturated carbocycles. The molecule has 6 heteroatoms. The summed E-state index contributed by atoms with van der Waals surface area (Å²) < 4.78 is 10.5. The maximum Gasteiger partial charge on any atom is 0.325 e. The van der Waals surface area contributed by atoms with E-state index in [0.717, 1.165) is 5.56 Å². The predicted octanol–water partition coefficient (Wildman–Crippen LogP) is 1.39. The van der Waals surface area contributed by atoms with E-state index in [2.05, 4.69) is 11.9 Å². The SMILES string of the molecule is C=CCc1ccc(OCC(=O)N[C@H](C)C(=O)O)c(OC)c1. The third-order valence-corrected chi connectivity index (χ3v) is 2.71. The van der Waals surface area contributed by atoms with E-state index in [-0.39, 0.29) is 6.61 Å². The number of carbonyl (C=O) groups is 2. The molecule has 0 aliphatic rings. The first-order valence-electron chi connectivity index (χ1n) is 6.40. The summed E-state index contributed by atoms with van der Waals surface area (Å²) in [4.78, 5) is 22.2. The number of aliphatic carboxylic acids is 1. The molecule has 0 heterocycles. The summed E-state index contributed by atoms with van der Waals surface area (Å²) in [7, 11) is 1.51. The van der Waals surface area contributed by atoms with Crippen LogP contribution in [0.15, 0.2) is 30.9 Å². The van der Waals surface area contributed by atoms with E-state index in [1.54, 1.807) is 18.2 Å². The summed E-state index contributed by atoms with van der Waals surface area (Å²) in [5.41, 5.74) is 1.01. The molecule has 21 heavy (non-hydrogen) atoms. The van der Waals surface area contributed by atoms with Crippen LogP contribution in [-0.2, 0) is 16.0 Å². The molecule has 1 atom stereocenters. The number of methoxy groups -OCH3 is 1. The molecule has 6 nitrogen and oxygen atoms in total. The number of ether oxygens (including phenoxy) is 2. The molecule has 0 bridgehead atoms. The fraction of sp³-hybridized carbons (Fsp3) is 0.333. The highest BCUT2D eigenvalue weighted by atomic mass is 16.5. The van der Waals surface area contributed by atoms with Crippen molar-refractivity contribution in [1.82, 2.24) is 5.32 Å². The number of allylic oxidation sites excluding steroid dienone is 1. The first-order valence-corrected chi connectivity index (χ1v) is 6.40. The fourth-order valence-corrected chi connectivity index (χ4v) is 1.61. The van der Waals surface area contributed by atoms with Crippen LogP contribution in [0.5, 0.6) is 11.5 Å². The van der Waals surface area contributed by atoms with E-state index in [9.17, 15) is 9.59 Å². The first kappa shape index (κ1) is 16.6. The highest BCUT2D eigenvalue weighted by molar-refractivity contribution is 5.84. The quantitative estimate of drug-likeness (QED) is 0.708. The number of hydrogen-bond acceptors (Lipinski definition) is 4. The molecule has 0 spiro atoms. The van der Waals surface area contributed by atoms with Gasteiger partial charge < -0.3 is 19.9 Å². The van der Waals surface area contributed by atoms with Crippen LogP contribution in [0.4, 0.5) is 0 Å². The van der Waals surface area contributed by atoms with Crippen molar-refractivity contribution in [2.45, 2.75) is 19.4 Å². The van der Waals surface area contributed by atoms with Crippen molar-refractivity contribution in [3.8, 4) is 11.5 Å². The maximum absolute atomic E-state index is 11.5. The highest BCUT2D eigenvalue weighted by Crippen LogP contribution is 2.28. The van der Waals surface area contributed by atoms with Gasteiger partial charge in [-0.2, -0.15) is 0 Å². The third-order valence-electron chi connectivity index (χ3n) is 2.71. The zero-order chi connectivity index (χ0) is 15.8. The van der Waals surface area contributed by atoms with Crippen LogP contribution in [0, 0.1) is 0 Å². The summed E-state index contributed by atoms with van der Waals surface area (Å²) in [6, 6.07) is 4.38. The summed E-state index contributed by atoms with van der Waals surface area (Å²) in [6.07, 6.45) is 2.48. The van der Waals surface area contributed by atoms with E-state index in [1.165, 1.54) is 14.0 Å². The van der Waals surface area contributed by atoms with Gasteiger partial charge >= 0.3 is 5.97 Å². The second kappa shape index (κ2) is 7.94. The Bertz CT molecular complexity index is 527. The molecule has 0 fully saturated rings. The monoisotopic (exact) mass is 293 g/mol. The Hall–Kier alpha value is -2.50. The number of nitrogens with one attached hydrogen (secondary N) is 1. The second-order valence-corrected chi connectivity index (χ2v) is 4.39. The molecule has 0 radical (unpaired) electrons. The van der Waals surface area contributed by atoms with Gasteiger partial charge in [-0.15, -0.1) is 6.58 Å². The molecule has 2 N–H and O–H groups in total. The summed E-state index contributed by atoms with van der Waals surface area (Å²) >= 11 is 0. The highest BCUT2D eigenvalue weighted by Gasteiger charge is 2.15. The summed E-state index contributed by atoms with van der Waals surface area (Å²) in [5.74, 6) is -0.686. The van der Waals surface area contributed by atoms with Gasteiger partial charge in [0.2, 0.25) is 0 Å². The zero-order valence-corrected chi connectivity index (χ0v) is 12.1. The molecule has 0 aromatic heterocycles. The molecule has 0 aliphatic heterocycles. The third kappa shape index (κ3) is 5.18. The molecular weight excluding hydrogens is 274 g/mol. The van der Waals surface area contributed by atoms with Crippen LogP contribution in [0.25, 0.3) is 0 Å². The Balaban J connectivity index is 2.64. The Morgan fingerprint density at radius 2 is 2.14 bits per heavy atom. The lowest BCUT2D eigenvalue weighted by Gasteiger charge is -2.13. The smallest absolute Gasteiger partial charge is 0.325 e. The largest absolute Gasteiger partial charge is 0.493 e. The Morgan fingerprint density at radius 1 is 1.43 bits per heavy atom. The topological polar surface area (TPSA) is 84.9 Å². The lowest BCUT2D eigenvalue weighted by molar-refractivity contribution is -0.141. The van der Waals surface area contributed by atoms with E-state index in [1.807, 2.05) is 6.07 Å². The molecule has 1 aromatic carbocycles. The van der Waals surface area contributed by atoms with E-state index in [0.29, 0.717) is 17.9 Å². The number of rotatable bonds is 8. The molecule has 0 aliphatic carbocycles. The minimum absolute atomic E-state index is 0.283. The molecule has 0 saturated heterocycles. The Kier molecular flexibility index (Phi) is 6.26. The van der Waals surface area contributed by atoms with Crippen LogP contribution in [0.1, 0.15) is 12.5 Å². The fourth-order valence-electron chi connectivity index (χ4n) is 1.61. The van der Waals surface area contributed by atoms with Gasteiger partial charge in [-0.1, -0.05) is 12.1 Å². The lowest BCUT2D eigenvalue weighted by Crippen LogP contribution is -2.40. The normalized spacial score (nSPS) is 11.3. The molecule has 1 aromatic rings. The van der Waals surface area contributed by atoms with Crippen LogP contribution in [-0.4, -0.2) is 36.7 Å². The van der Waals surface area contributed by atoms with Crippen LogP contribution in [0.2, 0.25) is 0 Å². The number of hydrogen-bond donors (Lipinski definition) is 2. The Labute approximate surface area is 123 Å². The number of carboxylic acids is 1. The standard InChI is InChI=1S/C15H19NO5/c1-4-5-11-6-7-12(13(8-11)20-3)21-9-14(17)16-10(2)15(18)19/h4,6-8,10H,1,5,9H2,2-3H3,(H,16,17)(H,18,19)/t10-/m1/s1. The van der Waals surface area contributed by atoms with Crippen molar-refractivity contribution in [2.75, 3.05) is 13.7 Å². The van der Waals surface area contributed by atoms with Crippen molar-refractivity contribution < 1.29 is 24.2 Å². The van der Waals surface area contributed by atoms with E-state index in [4.69, 9.17) is 14.6 Å². The number of carboxylic acid groups (broad SMARTS) is 1. The zero-order valence-electron chi connectivity index (χ0n) is 12.1. The second-order valence-electron chi connectivity index (χ2n) is 4.39. The maximum atomic E-state index is 11.5. The van der Waals surface area contributed by atoms with Crippen molar-refractivity contribution in [3.05, 3.63) is 36.4 Å². The van der Waals surface area contributed by atoms with Gasteiger partial charge in [0.05, 0.1) is 7.11 Å².